The maximum absolute atomic E-state index is 12.1. The molecule has 2 unspecified atom stereocenters. The molecule has 6 nitrogen and oxygen atoms in total. The Labute approximate surface area is 132 Å². The fourth-order valence-electron chi connectivity index (χ4n) is 2.62. The summed E-state index contributed by atoms with van der Waals surface area (Å²) in [5.74, 6) is -2.27. The molecule has 0 fully saturated rings. The molecule has 1 rings (SSSR count). The number of hydrogen-bond donors (Lipinski definition) is 1. The molecule has 1 aliphatic carbocycles. The predicted octanol–water partition coefficient (Wildman–Crippen LogP) is 1.84. The van der Waals surface area contributed by atoms with Gasteiger partial charge in [0.2, 0.25) is 8.32 Å². The van der Waals surface area contributed by atoms with Crippen LogP contribution in [0.2, 0.25) is 19.6 Å². The van der Waals surface area contributed by atoms with E-state index in [-0.39, 0.29) is 0 Å². The summed E-state index contributed by atoms with van der Waals surface area (Å²) in [6, 6.07) is 0. The van der Waals surface area contributed by atoms with Crippen LogP contribution in [0, 0.1) is 11.8 Å². The third-order valence-electron chi connectivity index (χ3n) is 3.71. The Kier molecular flexibility index (Phi) is 6.19. The molecule has 0 saturated carbocycles. The summed E-state index contributed by atoms with van der Waals surface area (Å²) >= 11 is 0. The second-order valence-corrected chi connectivity index (χ2v) is 10.9. The van der Waals surface area contributed by atoms with Gasteiger partial charge in [0, 0.05) is 5.92 Å². The molecule has 0 saturated heterocycles. The van der Waals surface area contributed by atoms with Gasteiger partial charge in [-0.05, 0) is 45.0 Å². The summed E-state index contributed by atoms with van der Waals surface area (Å²) in [4.78, 5) is 24.1. The standard InChI is InChI=1S/C15H26O6Si/c1-9-11(16)8-7-10(13(9)21-22(4,5)6)12(14(17)19-2)15(18)20-3/h10-12,16H,7-8H2,1-6H3. The number of carbonyl (C=O) groups excluding carboxylic acids is 2. The smallest absolute Gasteiger partial charge is 0.320 e. The van der Waals surface area contributed by atoms with Gasteiger partial charge in [-0.2, -0.15) is 0 Å². The predicted molar refractivity (Wildman–Crippen MR) is 83.4 cm³/mol. The highest BCUT2D eigenvalue weighted by Crippen LogP contribution is 2.38. The molecular formula is C15H26O6Si. The lowest BCUT2D eigenvalue weighted by Crippen LogP contribution is -2.40. The van der Waals surface area contributed by atoms with E-state index in [2.05, 4.69) is 0 Å². The minimum Gasteiger partial charge on any atom is -0.547 e. The largest absolute Gasteiger partial charge is 0.547 e. The molecule has 0 spiro atoms. The summed E-state index contributed by atoms with van der Waals surface area (Å²) < 4.78 is 15.6. The van der Waals surface area contributed by atoms with Crippen LogP contribution in [0.15, 0.2) is 11.3 Å². The van der Waals surface area contributed by atoms with E-state index in [9.17, 15) is 14.7 Å². The van der Waals surface area contributed by atoms with E-state index < -0.39 is 38.2 Å². The van der Waals surface area contributed by atoms with Crippen LogP contribution >= 0.6 is 0 Å². The zero-order valence-electron chi connectivity index (χ0n) is 14.1. The minimum atomic E-state index is -1.97. The van der Waals surface area contributed by atoms with Gasteiger partial charge in [-0.25, -0.2) is 0 Å². The van der Waals surface area contributed by atoms with Gasteiger partial charge >= 0.3 is 11.9 Å². The van der Waals surface area contributed by atoms with E-state index in [0.29, 0.717) is 24.2 Å². The van der Waals surface area contributed by atoms with Gasteiger partial charge in [0.05, 0.1) is 26.1 Å². The summed E-state index contributed by atoms with van der Waals surface area (Å²) in [7, 11) is 0.516. The molecule has 0 aromatic heterocycles. The van der Waals surface area contributed by atoms with Crippen molar-refractivity contribution in [2.24, 2.45) is 11.8 Å². The van der Waals surface area contributed by atoms with Crippen molar-refractivity contribution in [3.05, 3.63) is 11.3 Å². The first-order valence-electron chi connectivity index (χ1n) is 7.35. The number of aliphatic hydroxyl groups is 1. The lowest BCUT2D eigenvalue weighted by molar-refractivity contribution is -0.161. The van der Waals surface area contributed by atoms with E-state index >= 15 is 0 Å². The highest BCUT2D eigenvalue weighted by molar-refractivity contribution is 6.70. The third-order valence-corrected chi connectivity index (χ3v) is 4.54. The second kappa shape index (κ2) is 7.28. The Hall–Kier alpha value is -1.34. The van der Waals surface area contributed by atoms with E-state index in [4.69, 9.17) is 13.9 Å². The maximum atomic E-state index is 12.1. The normalized spacial score (nSPS) is 22.5. The lowest BCUT2D eigenvalue weighted by Gasteiger charge is -2.36. The monoisotopic (exact) mass is 330 g/mol. The minimum absolute atomic E-state index is 0.463. The van der Waals surface area contributed by atoms with Gasteiger partial charge in [0.1, 0.15) is 0 Å². The zero-order valence-corrected chi connectivity index (χ0v) is 15.1. The highest BCUT2D eigenvalue weighted by Gasteiger charge is 2.43. The lowest BCUT2D eigenvalue weighted by atomic mass is 9.79. The van der Waals surface area contributed by atoms with Gasteiger partial charge in [-0.1, -0.05) is 0 Å². The van der Waals surface area contributed by atoms with Gasteiger partial charge in [0.15, 0.2) is 5.92 Å². The van der Waals surface area contributed by atoms with E-state index in [1.807, 2.05) is 19.6 Å². The summed E-state index contributed by atoms with van der Waals surface area (Å²) in [6.07, 6.45) is 0.325. The molecule has 0 aromatic carbocycles. The molecule has 126 valence electrons. The van der Waals surface area contributed by atoms with Crippen LogP contribution in [0.5, 0.6) is 0 Å². The first kappa shape index (κ1) is 18.7. The fourth-order valence-corrected chi connectivity index (χ4v) is 3.60. The third kappa shape index (κ3) is 4.33. The number of carbonyl (C=O) groups is 2. The van der Waals surface area contributed by atoms with Crippen molar-refractivity contribution in [1.29, 1.82) is 0 Å². The van der Waals surface area contributed by atoms with Crippen LogP contribution in [-0.4, -0.2) is 45.7 Å². The molecule has 7 heteroatoms. The molecule has 0 radical (unpaired) electrons. The number of allylic oxidation sites excluding steroid dienone is 1. The van der Waals surface area contributed by atoms with Gasteiger partial charge in [0.25, 0.3) is 0 Å². The molecule has 2 atom stereocenters. The van der Waals surface area contributed by atoms with Gasteiger partial charge in [-0.3, -0.25) is 9.59 Å². The molecule has 0 heterocycles. The molecule has 1 N–H and O–H groups in total. The van der Waals surface area contributed by atoms with Crippen LogP contribution in [0.1, 0.15) is 19.8 Å². The Morgan fingerprint density at radius 1 is 1.14 bits per heavy atom. The quantitative estimate of drug-likeness (QED) is 0.470. The number of methoxy groups -OCH3 is 2. The molecular weight excluding hydrogens is 304 g/mol. The Bertz CT molecular complexity index is 449. The number of hydrogen-bond acceptors (Lipinski definition) is 6. The molecule has 0 bridgehead atoms. The van der Waals surface area contributed by atoms with Crippen LogP contribution < -0.4 is 0 Å². The van der Waals surface area contributed by atoms with E-state index in [0.717, 1.165) is 0 Å². The van der Waals surface area contributed by atoms with Crippen molar-refractivity contribution in [2.45, 2.75) is 45.5 Å². The SMILES string of the molecule is COC(=O)C(C(=O)OC)C1CCC(O)C(C)=C1O[Si](C)(C)C. The Morgan fingerprint density at radius 3 is 2.05 bits per heavy atom. The number of rotatable bonds is 5. The summed E-state index contributed by atoms with van der Waals surface area (Å²) in [5, 5.41) is 10.1. The zero-order chi connectivity index (χ0) is 17.1. The van der Waals surface area contributed by atoms with E-state index in [1.165, 1.54) is 14.2 Å². The number of aliphatic hydroxyl groups excluding tert-OH is 1. The average molecular weight is 330 g/mol. The van der Waals surface area contributed by atoms with Crippen molar-refractivity contribution < 1.29 is 28.6 Å². The first-order valence-corrected chi connectivity index (χ1v) is 10.8. The number of ether oxygens (including phenoxy) is 2. The van der Waals surface area contributed by atoms with Crippen molar-refractivity contribution in [3.8, 4) is 0 Å². The van der Waals surface area contributed by atoms with Crippen molar-refractivity contribution in [3.63, 3.8) is 0 Å². The Morgan fingerprint density at radius 2 is 1.64 bits per heavy atom. The molecule has 1 aliphatic rings. The summed E-state index contributed by atoms with van der Waals surface area (Å²) in [6.45, 7) is 7.81. The van der Waals surface area contributed by atoms with Crippen LogP contribution in [0.25, 0.3) is 0 Å². The van der Waals surface area contributed by atoms with Crippen LogP contribution in [0.3, 0.4) is 0 Å². The Balaban J connectivity index is 3.27. The van der Waals surface area contributed by atoms with Crippen molar-refractivity contribution >= 4 is 20.3 Å². The van der Waals surface area contributed by atoms with Gasteiger partial charge in [-0.15, -0.1) is 0 Å². The highest BCUT2D eigenvalue weighted by atomic mass is 28.4. The van der Waals surface area contributed by atoms with E-state index in [1.54, 1.807) is 6.92 Å². The topological polar surface area (TPSA) is 82.1 Å². The van der Waals surface area contributed by atoms with Gasteiger partial charge < -0.3 is 19.0 Å². The van der Waals surface area contributed by atoms with Crippen molar-refractivity contribution in [1.82, 2.24) is 0 Å². The molecule has 0 aliphatic heterocycles. The molecule has 0 amide bonds. The molecule has 22 heavy (non-hydrogen) atoms. The first-order chi connectivity index (χ1) is 10.1. The second-order valence-electron chi connectivity index (χ2n) is 6.49. The van der Waals surface area contributed by atoms with Crippen LogP contribution in [-0.2, 0) is 23.5 Å². The molecule has 0 aromatic rings. The van der Waals surface area contributed by atoms with Crippen LogP contribution in [0.4, 0.5) is 0 Å². The number of esters is 2. The van der Waals surface area contributed by atoms with Crippen molar-refractivity contribution in [2.75, 3.05) is 14.2 Å². The average Bonchev–Trinajstić information content (AvgIpc) is 2.44. The maximum Gasteiger partial charge on any atom is 0.320 e. The fraction of sp³-hybridized carbons (Fsp3) is 0.733. The summed E-state index contributed by atoms with van der Waals surface area (Å²) in [5.41, 5.74) is 0.677.